The molecule has 0 radical (unpaired) electrons. The number of hydrogen-bond acceptors (Lipinski definition) is 5. The molecule has 0 aliphatic carbocycles. The SMILES string of the molecule is Cc1c(C#N)ccc([N+](=O)[O-])c1S(=O)(=O)Cl. The molecule has 0 bridgehead atoms. The van der Waals surface area contributed by atoms with Gasteiger partial charge in [-0.1, -0.05) is 0 Å². The molecule has 0 saturated heterocycles. The third-order valence-electron chi connectivity index (χ3n) is 1.95. The van der Waals surface area contributed by atoms with Crippen molar-refractivity contribution in [2.75, 3.05) is 0 Å². The molecule has 0 atom stereocenters. The van der Waals surface area contributed by atoms with Crippen LogP contribution >= 0.6 is 10.7 Å². The third kappa shape index (κ3) is 2.13. The molecule has 0 aliphatic heterocycles. The van der Waals surface area contributed by atoms with Gasteiger partial charge in [-0.25, -0.2) is 8.42 Å². The second kappa shape index (κ2) is 4.08. The largest absolute Gasteiger partial charge is 0.289 e. The van der Waals surface area contributed by atoms with Crippen LogP contribution in [0, 0.1) is 28.4 Å². The number of rotatable bonds is 2. The summed E-state index contributed by atoms with van der Waals surface area (Å²) in [7, 11) is 0.838. The van der Waals surface area contributed by atoms with Crippen LogP contribution in [0.4, 0.5) is 5.69 Å². The average molecular weight is 261 g/mol. The van der Waals surface area contributed by atoms with E-state index in [0.29, 0.717) is 0 Å². The van der Waals surface area contributed by atoms with Crippen molar-refractivity contribution < 1.29 is 13.3 Å². The first kappa shape index (κ1) is 12.4. The van der Waals surface area contributed by atoms with E-state index >= 15 is 0 Å². The van der Waals surface area contributed by atoms with E-state index in [-0.39, 0.29) is 11.1 Å². The molecule has 0 aliphatic rings. The van der Waals surface area contributed by atoms with Gasteiger partial charge in [0, 0.05) is 16.7 Å². The molecular weight excluding hydrogens is 256 g/mol. The molecule has 1 rings (SSSR count). The molecular formula is C8H5ClN2O4S. The Balaban J connectivity index is 3.79. The normalized spacial score (nSPS) is 10.8. The Morgan fingerprint density at radius 2 is 2.06 bits per heavy atom. The molecule has 0 heterocycles. The lowest BCUT2D eigenvalue weighted by molar-refractivity contribution is -0.387. The van der Waals surface area contributed by atoms with Crippen molar-refractivity contribution in [3.8, 4) is 6.07 Å². The molecule has 1 aromatic rings. The number of nitrogens with zero attached hydrogens (tertiary/aromatic N) is 2. The highest BCUT2D eigenvalue weighted by molar-refractivity contribution is 8.13. The van der Waals surface area contributed by atoms with Crippen molar-refractivity contribution >= 4 is 25.4 Å². The molecule has 6 nitrogen and oxygen atoms in total. The van der Waals surface area contributed by atoms with Gasteiger partial charge in [0.05, 0.1) is 16.6 Å². The van der Waals surface area contributed by atoms with Crippen molar-refractivity contribution in [3.63, 3.8) is 0 Å². The minimum absolute atomic E-state index is 0.0216. The average Bonchev–Trinajstić information content (AvgIpc) is 2.14. The van der Waals surface area contributed by atoms with Crippen molar-refractivity contribution in [2.24, 2.45) is 0 Å². The second-order valence-electron chi connectivity index (χ2n) is 2.89. The smallest absolute Gasteiger partial charge is 0.258 e. The number of nitriles is 1. The predicted molar refractivity (Wildman–Crippen MR) is 55.6 cm³/mol. The van der Waals surface area contributed by atoms with Gasteiger partial charge in [0.25, 0.3) is 14.7 Å². The van der Waals surface area contributed by atoms with Crippen molar-refractivity contribution in [1.82, 2.24) is 0 Å². The fraction of sp³-hybridized carbons (Fsp3) is 0.125. The van der Waals surface area contributed by atoms with Crippen LogP contribution in [0.3, 0.4) is 0 Å². The quantitative estimate of drug-likeness (QED) is 0.457. The molecule has 84 valence electrons. The van der Waals surface area contributed by atoms with Gasteiger partial charge >= 0.3 is 0 Å². The number of nitro groups is 1. The molecule has 16 heavy (non-hydrogen) atoms. The number of hydrogen-bond donors (Lipinski definition) is 0. The van der Waals surface area contributed by atoms with E-state index in [1.165, 1.54) is 13.0 Å². The Hall–Kier alpha value is -1.65. The van der Waals surface area contributed by atoms with Crippen LogP contribution in [0.5, 0.6) is 0 Å². The van der Waals surface area contributed by atoms with Crippen molar-refractivity contribution in [3.05, 3.63) is 33.4 Å². The molecule has 0 spiro atoms. The summed E-state index contributed by atoms with van der Waals surface area (Å²) in [6, 6.07) is 3.85. The second-order valence-corrected chi connectivity index (χ2v) is 5.40. The summed E-state index contributed by atoms with van der Waals surface area (Å²) in [6.45, 7) is 1.29. The van der Waals surface area contributed by atoms with Crippen molar-refractivity contribution in [2.45, 2.75) is 11.8 Å². The predicted octanol–water partition coefficient (Wildman–Crippen LogP) is 1.70. The van der Waals surface area contributed by atoms with E-state index in [0.717, 1.165) is 6.07 Å². The van der Waals surface area contributed by atoms with Gasteiger partial charge < -0.3 is 0 Å². The molecule has 8 heteroatoms. The van der Waals surface area contributed by atoms with Gasteiger partial charge in [-0.3, -0.25) is 10.1 Å². The zero-order valence-electron chi connectivity index (χ0n) is 7.97. The van der Waals surface area contributed by atoms with E-state index in [9.17, 15) is 18.5 Å². The first-order chi connectivity index (χ1) is 7.29. The maximum absolute atomic E-state index is 11.2. The van der Waals surface area contributed by atoms with E-state index in [4.69, 9.17) is 15.9 Å². The van der Waals surface area contributed by atoms with Crippen LogP contribution in [0.25, 0.3) is 0 Å². The van der Waals surface area contributed by atoms with Crippen LogP contribution in [-0.4, -0.2) is 13.3 Å². The summed E-state index contributed by atoms with van der Waals surface area (Å²) in [5, 5.41) is 19.3. The fourth-order valence-corrected chi connectivity index (χ4v) is 2.70. The Bertz CT molecular complexity index is 603. The highest BCUT2D eigenvalue weighted by atomic mass is 35.7. The van der Waals surface area contributed by atoms with Gasteiger partial charge in [0.2, 0.25) is 0 Å². The van der Waals surface area contributed by atoms with Gasteiger partial charge in [0.15, 0.2) is 4.90 Å². The molecule has 0 fully saturated rings. The lowest BCUT2D eigenvalue weighted by atomic mass is 10.1. The Morgan fingerprint density at radius 1 is 1.50 bits per heavy atom. The maximum Gasteiger partial charge on any atom is 0.289 e. The molecule has 1 aromatic carbocycles. The van der Waals surface area contributed by atoms with E-state index in [1.807, 2.05) is 0 Å². The summed E-state index contributed by atoms with van der Waals surface area (Å²) in [5.41, 5.74) is -0.622. The van der Waals surface area contributed by atoms with E-state index < -0.39 is 24.6 Å². The number of benzene rings is 1. The van der Waals surface area contributed by atoms with Gasteiger partial charge in [-0.05, 0) is 18.6 Å². The minimum atomic E-state index is -4.26. The van der Waals surface area contributed by atoms with Gasteiger partial charge in [-0.2, -0.15) is 5.26 Å². The zero-order chi connectivity index (χ0) is 12.5. The summed E-state index contributed by atoms with van der Waals surface area (Å²) < 4.78 is 22.4. The summed E-state index contributed by atoms with van der Waals surface area (Å²) in [5.74, 6) is 0. The highest BCUT2D eigenvalue weighted by Gasteiger charge is 2.27. The van der Waals surface area contributed by atoms with Crippen LogP contribution < -0.4 is 0 Å². The topological polar surface area (TPSA) is 101 Å². The molecule has 0 amide bonds. The first-order valence-electron chi connectivity index (χ1n) is 3.91. The summed E-state index contributed by atoms with van der Waals surface area (Å²) >= 11 is 0. The summed E-state index contributed by atoms with van der Waals surface area (Å²) in [6.07, 6.45) is 0. The maximum atomic E-state index is 11.2. The van der Waals surface area contributed by atoms with Crippen LogP contribution in [-0.2, 0) is 9.05 Å². The molecule has 0 aromatic heterocycles. The van der Waals surface area contributed by atoms with Gasteiger partial charge in [0.1, 0.15) is 0 Å². The molecule has 0 N–H and O–H groups in total. The fourth-order valence-electron chi connectivity index (χ4n) is 1.25. The lowest BCUT2D eigenvalue weighted by Crippen LogP contribution is -2.03. The minimum Gasteiger partial charge on any atom is -0.258 e. The van der Waals surface area contributed by atoms with Crippen LogP contribution in [0.2, 0.25) is 0 Å². The summed E-state index contributed by atoms with van der Waals surface area (Å²) in [4.78, 5) is 9.14. The van der Waals surface area contributed by atoms with Crippen molar-refractivity contribution in [1.29, 1.82) is 5.26 Å². The number of nitro benzene ring substituents is 1. The van der Waals surface area contributed by atoms with Crippen LogP contribution in [0.1, 0.15) is 11.1 Å². The molecule has 0 saturated carbocycles. The monoisotopic (exact) mass is 260 g/mol. The third-order valence-corrected chi connectivity index (χ3v) is 3.41. The highest BCUT2D eigenvalue weighted by Crippen LogP contribution is 2.31. The standard InChI is InChI=1S/C8H5ClN2O4S/c1-5-6(4-10)2-3-7(11(12)13)8(5)16(9,14)15/h2-3H,1H3. The molecule has 0 unspecified atom stereocenters. The number of halogens is 1. The zero-order valence-corrected chi connectivity index (χ0v) is 9.54. The van der Waals surface area contributed by atoms with Crippen LogP contribution in [0.15, 0.2) is 17.0 Å². The Kier molecular flexibility index (Phi) is 3.16. The Labute approximate surface area is 95.6 Å². The first-order valence-corrected chi connectivity index (χ1v) is 6.22. The van der Waals surface area contributed by atoms with E-state index in [2.05, 4.69) is 0 Å². The van der Waals surface area contributed by atoms with E-state index in [1.54, 1.807) is 6.07 Å². The Morgan fingerprint density at radius 3 is 2.44 bits per heavy atom. The van der Waals surface area contributed by atoms with Gasteiger partial charge in [-0.15, -0.1) is 0 Å². The lowest BCUT2D eigenvalue weighted by Gasteiger charge is -2.04.